The highest BCUT2D eigenvalue weighted by Gasteiger charge is 2.31. The Morgan fingerprint density at radius 3 is 2.93 bits per heavy atom. The van der Waals surface area contributed by atoms with Crippen molar-refractivity contribution >= 4 is 33.6 Å². The maximum atomic E-state index is 4.91. The molecule has 6 heteroatoms. The van der Waals surface area contributed by atoms with E-state index in [9.17, 15) is 0 Å². The topological polar surface area (TPSA) is 60.9 Å². The quantitative estimate of drug-likeness (QED) is 0.592. The minimum atomic E-state index is 0.357. The molecule has 1 N–H and O–H groups in total. The van der Waals surface area contributed by atoms with Gasteiger partial charge in [-0.25, -0.2) is 15.0 Å². The van der Waals surface area contributed by atoms with Crippen LogP contribution in [-0.4, -0.2) is 46.1 Å². The van der Waals surface area contributed by atoms with Gasteiger partial charge in [-0.1, -0.05) is 25.1 Å². The number of hydrogen-bond acceptors (Lipinski definition) is 5. The number of rotatable bonds is 3. The molecule has 4 aromatic rings. The van der Waals surface area contributed by atoms with Crippen LogP contribution in [0.2, 0.25) is 0 Å². The molecule has 0 saturated carbocycles. The van der Waals surface area contributed by atoms with Gasteiger partial charge in [-0.2, -0.15) is 0 Å². The largest absolute Gasteiger partial charge is 0.355 e. The molecule has 3 aromatic heterocycles. The third-order valence-corrected chi connectivity index (χ3v) is 5.99. The fourth-order valence-corrected chi connectivity index (χ4v) is 4.29. The number of pyridine rings is 1. The first-order chi connectivity index (χ1) is 13.7. The highest BCUT2D eigenvalue weighted by molar-refractivity contribution is 5.87. The number of anilines is 2. The number of para-hydroxylation sites is 1. The third kappa shape index (κ3) is 2.85. The second-order valence-electron chi connectivity index (χ2n) is 7.69. The molecular weight excluding hydrogens is 348 g/mol. The van der Waals surface area contributed by atoms with Gasteiger partial charge in [-0.3, -0.25) is 0 Å². The van der Waals surface area contributed by atoms with Crippen molar-refractivity contribution in [1.82, 2.24) is 19.9 Å². The summed E-state index contributed by atoms with van der Waals surface area (Å²) in [6.45, 7) is 4.29. The molecule has 1 aromatic carbocycles. The van der Waals surface area contributed by atoms with E-state index >= 15 is 0 Å². The number of nitrogens with one attached hydrogen (secondary N) is 1. The highest BCUT2D eigenvalue weighted by atomic mass is 15.3. The zero-order valence-electron chi connectivity index (χ0n) is 16.2. The van der Waals surface area contributed by atoms with Crippen LogP contribution in [0.1, 0.15) is 13.3 Å². The van der Waals surface area contributed by atoms with Crippen LogP contribution >= 0.6 is 0 Å². The monoisotopic (exact) mass is 372 g/mol. The summed E-state index contributed by atoms with van der Waals surface area (Å²) in [5, 5.41) is 2.25. The van der Waals surface area contributed by atoms with Crippen molar-refractivity contribution in [2.45, 2.75) is 19.4 Å². The van der Waals surface area contributed by atoms with Gasteiger partial charge in [0.2, 0.25) is 0 Å². The lowest BCUT2D eigenvalue weighted by molar-refractivity contribution is 0.366. The van der Waals surface area contributed by atoms with Crippen molar-refractivity contribution < 1.29 is 0 Å². The fraction of sp³-hybridized carbons (Fsp3) is 0.318. The average molecular weight is 372 g/mol. The van der Waals surface area contributed by atoms with Crippen LogP contribution in [0.25, 0.3) is 21.9 Å². The molecule has 2 unspecified atom stereocenters. The van der Waals surface area contributed by atoms with Crippen molar-refractivity contribution in [3.8, 4) is 0 Å². The van der Waals surface area contributed by atoms with Gasteiger partial charge in [0.15, 0.2) is 0 Å². The van der Waals surface area contributed by atoms with E-state index in [-0.39, 0.29) is 0 Å². The third-order valence-electron chi connectivity index (χ3n) is 5.99. The van der Waals surface area contributed by atoms with Gasteiger partial charge in [0, 0.05) is 31.7 Å². The van der Waals surface area contributed by atoms with Gasteiger partial charge in [-0.15, -0.1) is 0 Å². The Labute approximate surface area is 164 Å². The first-order valence-electron chi connectivity index (χ1n) is 9.82. The van der Waals surface area contributed by atoms with E-state index in [2.05, 4.69) is 75.1 Å². The van der Waals surface area contributed by atoms with E-state index in [0.717, 1.165) is 47.7 Å². The first-order valence-corrected chi connectivity index (χ1v) is 9.82. The van der Waals surface area contributed by atoms with E-state index in [1.54, 1.807) is 6.33 Å². The normalized spacial score (nSPS) is 20.0. The number of aromatic amines is 1. The first kappa shape index (κ1) is 17.0. The van der Waals surface area contributed by atoms with Crippen molar-refractivity contribution in [1.29, 1.82) is 0 Å². The molecule has 1 aliphatic heterocycles. The lowest BCUT2D eigenvalue weighted by atomic mass is 9.92. The van der Waals surface area contributed by atoms with Crippen LogP contribution in [0, 0.1) is 5.92 Å². The number of nitrogens with zero attached hydrogens (tertiary/aromatic N) is 5. The van der Waals surface area contributed by atoms with Gasteiger partial charge in [0.25, 0.3) is 0 Å². The second-order valence-corrected chi connectivity index (χ2v) is 7.69. The summed E-state index contributed by atoms with van der Waals surface area (Å²) in [6.07, 6.45) is 4.69. The predicted octanol–water partition coefficient (Wildman–Crippen LogP) is 3.86. The zero-order chi connectivity index (χ0) is 19.1. The van der Waals surface area contributed by atoms with Gasteiger partial charge >= 0.3 is 0 Å². The number of likely N-dealkylation sites (N-methyl/N-ethyl adjacent to an activating group) is 1. The summed E-state index contributed by atoms with van der Waals surface area (Å²) < 4.78 is 0. The molecule has 5 rings (SSSR count). The molecule has 6 nitrogen and oxygen atoms in total. The Balaban J connectivity index is 1.45. The van der Waals surface area contributed by atoms with Gasteiger partial charge in [0.05, 0.1) is 16.9 Å². The van der Waals surface area contributed by atoms with Crippen molar-refractivity contribution in [3.05, 3.63) is 55.0 Å². The molecule has 28 heavy (non-hydrogen) atoms. The average Bonchev–Trinajstić information content (AvgIpc) is 3.22. The van der Waals surface area contributed by atoms with Gasteiger partial charge in [-0.05, 0) is 36.6 Å². The van der Waals surface area contributed by atoms with E-state index in [0.29, 0.717) is 12.0 Å². The zero-order valence-corrected chi connectivity index (χ0v) is 16.2. The molecule has 0 bridgehead atoms. The Hall–Kier alpha value is -3.15. The van der Waals surface area contributed by atoms with E-state index in [1.165, 1.54) is 5.39 Å². The molecule has 2 atom stereocenters. The number of hydrogen-bond donors (Lipinski definition) is 1. The molecule has 0 spiro atoms. The van der Waals surface area contributed by atoms with Crippen LogP contribution in [0.5, 0.6) is 0 Å². The summed E-state index contributed by atoms with van der Waals surface area (Å²) in [5.41, 5.74) is 1.93. The minimum absolute atomic E-state index is 0.357. The molecule has 1 aliphatic rings. The Kier molecular flexibility index (Phi) is 4.11. The number of benzene rings is 1. The number of fused-ring (bicyclic) bond motifs is 2. The summed E-state index contributed by atoms with van der Waals surface area (Å²) in [4.78, 5) is 21.7. The number of H-pyrrole nitrogens is 1. The van der Waals surface area contributed by atoms with Crippen LogP contribution in [0.4, 0.5) is 11.6 Å². The molecule has 4 heterocycles. The summed E-state index contributed by atoms with van der Waals surface area (Å²) in [7, 11) is 2.15. The fourth-order valence-electron chi connectivity index (χ4n) is 4.29. The second kappa shape index (κ2) is 6.78. The lowest BCUT2D eigenvalue weighted by Gasteiger charge is -2.42. The molecule has 142 valence electrons. The molecule has 0 radical (unpaired) electrons. The SMILES string of the molecule is CC1CCN(c2ccc3ccccc3n2)CC1N(C)c1ncnc2[nH]ccc12. The molecule has 0 aliphatic carbocycles. The van der Waals surface area contributed by atoms with E-state index in [4.69, 9.17) is 4.98 Å². The van der Waals surface area contributed by atoms with Crippen LogP contribution in [0.15, 0.2) is 55.0 Å². The number of piperidine rings is 1. The molecule has 1 saturated heterocycles. The van der Waals surface area contributed by atoms with E-state index in [1.807, 2.05) is 12.3 Å². The smallest absolute Gasteiger partial charge is 0.142 e. The van der Waals surface area contributed by atoms with Crippen LogP contribution in [0.3, 0.4) is 0 Å². The Morgan fingerprint density at radius 1 is 1.11 bits per heavy atom. The predicted molar refractivity (Wildman–Crippen MR) is 114 cm³/mol. The summed E-state index contributed by atoms with van der Waals surface area (Å²) in [6, 6.07) is 15.0. The summed E-state index contributed by atoms with van der Waals surface area (Å²) in [5.74, 6) is 2.61. The minimum Gasteiger partial charge on any atom is -0.355 e. The van der Waals surface area contributed by atoms with Crippen LogP contribution in [-0.2, 0) is 0 Å². The van der Waals surface area contributed by atoms with Crippen LogP contribution < -0.4 is 9.80 Å². The standard InChI is InChI=1S/C22H24N6/c1-15-10-12-28(20-8-7-16-5-3-4-6-18(16)26-20)13-19(15)27(2)22-17-9-11-23-21(17)24-14-25-22/h3-9,11,14-15,19H,10,12-13H2,1-2H3,(H,23,24,25). The molecule has 1 fully saturated rings. The maximum Gasteiger partial charge on any atom is 0.142 e. The number of aromatic nitrogens is 4. The molecule has 0 amide bonds. The lowest BCUT2D eigenvalue weighted by Crippen LogP contribution is -2.51. The van der Waals surface area contributed by atoms with Crippen molar-refractivity contribution in [2.75, 3.05) is 29.9 Å². The van der Waals surface area contributed by atoms with Crippen molar-refractivity contribution in [2.24, 2.45) is 5.92 Å². The highest BCUT2D eigenvalue weighted by Crippen LogP contribution is 2.30. The summed E-state index contributed by atoms with van der Waals surface area (Å²) >= 11 is 0. The van der Waals surface area contributed by atoms with Gasteiger partial charge < -0.3 is 14.8 Å². The van der Waals surface area contributed by atoms with Gasteiger partial charge in [0.1, 0.15) is 23.6 Å². The molecular formula is C22H24N6. The Bertz CT molecular complexity index is 1120. The van der Waals surface area contributed by atoms with E-state index < -0.39 is 0 Å². The maximum absolute atomic E-state index is 4.91. The van der Waals surface area contributed by atoms with Crippen molar-refractivity contribution in [3.63, 3.8) is 0 Å². The Morgan fingerprint density at radius 2 is 2.00 bits per heavy atom.